The molecule has 3 aliphatic heterocycles. The molecule has 2 aromatic rings. The van der Waals surface area contributed by atoms with Gasteiger partial charge in [0.25, 0.3) is 5.91 Å². The van der Waals surface area contributed by atoms with Crippen LogP contribution in [0.3, 0.4) is 0 Å². The Hall–Kier alpha value is -2.67. The van der Waals surface area contributed by atoms with Gasteiger partial charge in [0.2, 0.25) is 0 Å². The number of carbonyl (C=O) groups is 1. The number of amides is 1. The number of fused-ring (bicyclic) bond motifs is 1. The Labute approximate surface area is 190 Å². The number of piperidine rings is 1. The van der Waals surface area contributed by atoms with Gasteiger partial charge in [0.1, 0.15) is 11.6 Å². The first-order chi connectivity index (χ1) is 15.6. The standard InChI is InChI=1S/C25H34N6O/c1-17-8-12-30(13-9-17)20-5-3-18(4-6-20)25(32)31-14-10-19(16-31)23-28-22-15-27-11-7-21(22)24(26-2)29-23/h3-6,17,19,27H,7-16H2,1-2H3,(H,26,28,29). The summed E-state index contributed by atoms with van der Waals surface area (Å²) < 4.78 is 0. The molecule has 1 amide bonds. The second-order valence-electron chi connectivity index (χ2n) is 9.49. The van der Waals surface area contributed by atoms with Crippen LogP contribution in [0.1, 0.15) is 59.5 Å². The van der Waals surface area contributed by atoms with Crippen LogP contribution in [-0.2, 0) is 13.0 Å². The Balaban J connectivity index is 1.26. The zero-order valence-electron chi connectivity index (χ0n) is 19.2. The Morgan fingerprint density at radius 3 is 2.62 bits per heavy atom. The molecule has 2 fully saturated rings. The lowest BCUT2D eigenvalue weighted by Crippen LogP contribution is -2.33. The highest BCUT2D eigenvalue weighted by Gasteiger charge is 2.31. The molecule has 7 heteroatoms. The van der Waals surface area contributed by atoms with Crippen LogP contribution in [0.5, 0.6) is 0 Å². The first-order valence-corrected chi connectivity index (χ1v) is 12.0. The second kappa shape index (κ2) is 9.06. The molecule has 0 bridgehead atoms. The molecule has 1 atom stereocenters. The number of benzene rings is 1. The van der Waals surface area contributed by atoms with Crippen molar-refractivity contribution in [1.82, 2.24) is 20.2 Å². The molecule has 1 aromatic heterocycles. The van der Waals surface area contributed by atoms with Gasteiger partial charge < -0.3 is 20.4 Å². The van der Waals surface area contributed by atoms with Crippen LogP contribution in [0.4, 0.5) is 11.5 Å². The van der Waals surface area contributed by atoms with Gasteiger partial charge in [-0.3, -0.25) is 4.79 Å². The summed E-state index contributed by atoms with van der Waals surface area (Å²) in [6, 6.07) is 8.19. The van der Waals surface area contributed by atoms with Gasteiger partial charge in [-0.15, -0.1) is 0 Å². The first-order valence-electron chi connectivity index (χ1n) is 12.0. The van der Waals surface area contributed by atoms with Crippen molar-refractivity contribution in [2.24, 2.45) is 5.92 Å². The average molecular weight is 435 g/mol. The van der Waals surface area contributed by atoms with Crippen molar-refractivity contribution in [3.63, 3.8) is 0 Å². The number of likely N-dealkylation sites (tertiary alicyclic amines) is 1. The van der Waals surface area contributed by atoms with Crippen LogP contribution in [0, 0.1) is 5.92 Å². The molecule has 0 saturated carbocycles. The molecule has 3 aliphatic rings. The number of anilines is 2. The van der Waals surface area contributed by atoms with Crippen LogP contribution in [0.2, 0.25) is 0 Å². The van der Waals surface area contributed by atoms with Gasteiger partial charge in [0, 0.05) is 62.5 Å². The van der Waals surface area contributed by atoms with E-state index in [0.29, 0.717) is 6.54 Å². The van der Waals surface area contributed by atoms with Gasteiger partial charge in [-0.2, -0.15) is 0 Å². The topological polar surface area (TPSA) is 73.4 Å². The van der Waals surface area contributed by atoms with E-state index in [0.717, 1.165) is 74.4 Å². The monoisotopic (exact) mass is 434 g/mol. The Kier molecular flexibility index (Phi) is 6.00. The summed E-state index contributed by atoms with van der Waals surface area (Å²) in [6.45, 7) is 7.72. The number of hydrogen-bond acceptors (Lipinski definition) is 6. The fraction of sp³-hybridized carbons (Fsp3) is 0.560. The maximum atomic E-state index is 13.2. The van der Waals surface area contributed by atoms with Crippen molar-refractivity contribution < 1.29 is 4.79 Å². The zero-order chi connectivity index (χ0) is 22.1. The molecular weight excluding hydrogens is 400 g/mol. The first kappa shape index (κ1) is 21.2. The number of hydrogen-bond donors (Lipinski definition) is 2. The lowest BCUT2D eigenvalue weighted by atomic mass is 9.98. The minimum Gasteiger partial charge on any atom is -0.373 e. The highest BCUT2D eigenvalue weighted by molar-refractivity contribution is 5.94. The van der Waals surface area contributed by atoms with E-state index in [9.17, 15) is 4.79 Å². The Morgan fingerprint density at radius 2 is 1.88 bits per heavy atom. The molecule has 4 heterocycles. The number of carbonyl (C=O) groups excluding carboxylic acids is 1. The molecule has 0 radical (unpaired) electrons. The minimum atomic E-state index is 0.111. The third-order valence-electron chi connectivity index (χ3n) is 7.29. The van der Waals surface area contributed by atoms with Crippen LogP contribution in [-0.4, -0.2) is 60.5 Å². The van der Waals surface area contributed by atoms with Gasteiger partial charge in [-0.25, -0.2) is 9.97 Å². The average Bonchev–Trinajstić information content (AvgIpc) is 3.34. The second-order valence-corrected chi connectivity index (χ2v) is 9.49. The predicted molar refractivity (Wildman–Crippen MR) is 127 cm³/mol. The molecule has 2 saturated heterocycles. The predicted octanol–water partition coefficient (Wildman–Crippen LogP) is 3.03. The summed E-state index contributed by atoms with van der Waals surface area (Å²) in [6.07, 6.45) is 4.34. The van der Waals surface area contributed by atoms with E-state index in [2.05, 4.69) is 34.6 Å². The highest BCUT2D eigenvalue weighted by atomic mass is 16.2. The quantitative estimate of drug-likeness (QED) is 0.771. The summed E-state index contributed by atoms with van der Waals surface area (Å²) in [5.74, 6) is 2.92. The summed E-state index contributed by atoms with van der Waals surface area (Å²) in [7, 11) is 1.92. The third kappa shape index (κ3) is 4.18. The van der Waals surface area contributed by atoms with Crippen molar-refractivity contribution in [2.45, 2.75) is 45.1 Å². The van der Waals surface area contributed by atoms with Crippen molar-refractivity contribution in [2.75, 3.05) is 50.0 Å². The lowest BCUT2D eigenvalue weighted by Gasteiger charge is -2.32. The van der Waals surface area contributed by atoms with E-state index in [1.807, 2.05) is 24.1 Å². The molecule has 5 rings (SSSR count). The van der Waals surface area contributed by atoms with E-state index in [-0.39, 0.29) is 11.8 Å². The van der Waals surface area contributed by atoms with E-state index in [1.165, 1.54) is 24.1 Å². The SMILES string of the molecule is CNc1nc(C2CCN(C(=O)c3ccc(N4CCC(C)CC4)cc3)C2)nc2c1CCNC2. The normalized spacial score (nSPS) is 21.5. The maximum absolute atomic E-state index is 13.2. The molecule has 0 spiro atoms. The molecule has 2 N–H and O–H groups in total. The Bertz CT molecular complexity index is 950. The van der Waals surface area contributed by atoms with Gasteiger partial charge in [0.05, 0.1) is 5.69 Å². The van der Waals surface area contributed by atoms with Gasteiger partial charge >= 0.3 is 0 Å². The molecular formula is C25H34N6O. The highest BCUT2D eigenvalue weighted by Crippen LogP contribution is 2.30. The molecule has 170 valence electrons. The number of rotatable bonds is 4. The third-order valence-corrected chi connectivity index (χ3v) is 7.29. The number of nitrogens with zero attached hydrogens (tertiary/aromatic N) is 4. The summed E-state index contributed by atoms with van der Waals surface area (Å²) >= 11 is 0. The van der Waals surface area contributed by atoms with Crippen molar-refractivity contribution in [1.29, 1.82) is 0 Å². The number of nitrogens with one attached hydrogen (secondary N) is 2. The van der Waals surface area contributed by atoms with Gasteiger partial charge in [-0.05, 0) is 62.4 Å². The van der Waals surface area contributed by atoms with E-state index >= 15 is 0 Å². The molecule has 1 aromatic carbocycles. The Morgan fingerprint density at radius 1 is 1.09 bits per heavy atom. The number of aromatic nitrogens is 2. The summed E-state index contributed by atoms with van der Waals surface area (Å²) in [4.78, 5) is 27.3. The van der Waals surface area contributed by atoms with Crippen molar-refractivity contribution in [3.05, 3.63) is 46.9 Å². The summed E-state index contributed by atoms with van der Waals surface area (Å²) in [5.41, 5.74) is 4.32. The lowest BCUT2D eigenvalue weighted by molar-refractivity contribution is 0.0790. The van der Waals surface area contributed by atoms with E-state index in [4.69, 9.17) is 9.97 Å². The molecule has 32 heavy (non-hydrogen) atoms. The maximum Gasteiger partial charge on any atom is 0.253 e. The van der Waals surface area contributed by atoms with E-state index in [1.54, 1.807) is 0 Å². The van der Waals surface area contributed by atoms with Crippen molar-refractivity contribution >= 4 is 17.4 Å². The molecule has 1 unspecified atom stereocenters. The summed E-state index contributed by atoms with van der Waals surface area (Å²) in [5, 5.41) is 6.65. The van der Waals surface area contributed by atoms with Gasteiger partial charge in [-0.1, -0.05) is 6.92 Å². The van der Waals surface area contributed by atoms with Gasteiger partial charge in [0.15, 0.2) is 0 Å². The largest absolute Gasteiger partial charge is 0.373 e. The molecule has 7 nitrogen and oxygen atoms in total. The van der Waals surface area contributed by atoms with E-state index < -0.39 is 0 Å². The van der Waals surface area contributed by atoms with Crippen LogP contribution >= 0.6 is 0 Å². The zero-order valence-corrected chi connectivity index (χ0v) is 19.2. The fourth-order valence-corrected chi connectivity index (χ4v) is 5.19. The smallest absolute Gasteiger partial charge is 0.253 e. The fourth-order valence-electron chi connectivity index (χ4n) is 5.19. The van der Waals surface area contributed by atoms with Crippen LogP contribution in [0.15, 0.2) is 24.3 Å². The van der Waals surface area contributed by atoms with Crippen LogP contribution < -0.4 is 15.5 Å². The minimum absolute atomic E-state index is 0.111. The van der Waals surface area contributed by atoms with Crippen LogP contribution in [0.25, 0.3) is 0 Å². The molecule has 0 aliphatic carbocycles. The van der Waals surface area contributed by atoms with Crippen molar-refractivity contribution in [3.8, 4) is 0 Å².